The van der Waals surface area contributed by atoms with Crippen molar-refractivity contribution in [3.63, 3.8) is 0 Å². The standard InChI is InChI=1S/C5H9BrO2/c6-5-3-7-1-2-8-4-5/h5H,1-4H2. The fourth-order valence-electron chi connectivity index (χ4n) is 0.588. The zero-order chi connectivity index (χ0) is 5.82. The molecule has 1 heterocycles. The van der Waals surface area contributed by atoms with Gasteiger partial charge in [-0.1, -0.05) is 15.9 Å². The van der Waals surface area contributed by atoms with Crippen LogP contribution in [-0.4, -0.2) is 31.3 Å². The maximum Gasteiger partial charge on any atom is 0.0701 e. The highest BCUT2D eigenvalue weighted by atomic mass is 79.9. The minimum Gasteiger partial charge on any atom is -0.378 e. The van der Waals surface area contributed by atoms with Crippen LogP contribution in [0.2, 0.25) is 0 Å². The van der Waals surface area contributed by atoms with Gasteiger partial charge in [-0.25, -0.2) is 0 Å². The summed E-state index contributed by atoms with van der Waals surface area (Å²) in [6.45, 7) is 3.03. The highest BCUT2D eigenvalue weighted by Gasteiger charge is 2.07. The Morgan fingerprint density at radius 3 is 2.12 bits per heavy atom. The van der Waals surface area contributed by atoms with Crippen LogP contribution in [0.1, 0.15) is 0 Å². The van der Waals surface area contributed by atoms with E-state index < -0.39 is 0 Å². The lowest BCUT2D eigenvalue weighted by Crippen LogP contribution is -2.09. The molecule has 0 aromatic heterocycles. The van der Waals surface area contributed by atoms with Gasteiger partial charge >= 0.3 is 0 Å². The topological polar surface area (TPSA) is 18.5 Å². The highest BCUT2D eigenvalue weighted by Crippen LogP contribution is 2.03. The van der Waals surface area contributed by atoms with Crippen LogP contribution < -0.4 is 0 Å². The molecule has 0 bridgehead atoms. The quantitative estimate of drug-likeness (QED) is 0.514. The van der Waals surface area contributed by atoms with Gasteiger partial charge in [-0.05, 0) is 0 Å². The first-order valence-corrected chi connectivity index (χ1v) is 3.61. The van der Waals surface area contributed by atoms with Crippen LogP contribution >= 0.6 is 15.9 Å². The van der Waals surface area contributed by atoms with Gasteiger partial charge in [0.15, 0.2) is 0 Å². The molecule has 1 rings (SSSR count). The van der Waals surface area contributed by atoms with Crippen LogP contribution in [0.3, 0.4) is 0 Å². The number of hydrogen-bond donors (Lipinski definition) is 0. The van der Waals surface area contributed by atoms with Gasteiger partial charge in [-0.3, -0.25) is 0 Å². The van der Waals surface area contributed by atoms with E-state index >= 15 is 0 Å². The Hall–Kier alpha value is 0.400. The van der Waals surface area contributed by atoms with Crippen molar-refractivity contribution in [1.29, 1.82) is 0 Å². The van der Waals surface area contributed by atoms with Crippen molar-refractivity contribution in [2.45, 2.75) is 4.83 Å². The van der Waals surface area contributed by atoms with E-state index in [1.165, 1.54) is 0 Å². The second kappa shape index (κ2) is 3.43. The zero-order valence-corrected chi connectivity index (χ0v) is 6.19. The Morgan fingerprint density at radius 2 is 1.62 bits per heavy atom. The van der Waals surface area contributed by atoms with Gasteiger partial charge in [-0.2, -0.15) is 0 Å². The monoisotopic (exact) mass is 180 g/mol. The molecule has 1 aliphatic rings. The Morgan fingerprint density at radius 1 is 1.12 bits per heavy atom. The van der Waals surface area contributed by atoms with Crippen molar-refractivity contribution in [2.24, 2.45) is 0 Å². The Kier molecular flexibility index (Phi) is 2.80. The molecule has 0 N–H and O–H groups in total. The molecule has 0 unspecified atom stereocenters. The van der Waals surface area contributed by atoms with Gasteiger partial charge in [0.05, 0.1) is 31.3 Å². The molecule has 0 radical (unpaired) electrons. The summed E-state index contributed by atoms with van der Waals surface area (Å²) in [5.41, 5.74) is 0. The summed E-state index contributed by atoms with van der Waals surface area (Å²) in [5, 5.41) is 0. The molecular formula is C5H9BrO2. The molecule has 0 amide bonds. The number of halogens is 1. The van der Waals surface area contributed by atoms with Crippen molar-refractivity contribution in [2.75, 3.05) is 26.4 Å². The van der Waals surface area contributed by atoms with Crippen molar-refractivity contribution in [3.05, 3.63) is 0 Å². The normalized spacial score (nSPS) is 25.1. The fraction of sp³-hybridized carbons (Fsp3) is 1.00. The zero-order valence-electron chi connectivity index (χ0n) is 4.60. The predicted molar refractivity (Wildman–Crippen MR) is 34.4 cm³/mol. The van der Waals surface area contributed by atoms with Crippen molar-refractivity contribution in [3.8, 4) is 0 Å². The molecule has 1 saturated heterocycles. The summed E-state index contributed by atoms with van der Waals surface area (Å²) in [5.74, 6) is 0. The van der Waals surface area contributed by atoms with Crippen molar-refractivity contribution in [1.82, 2.24) is 0 Å². The van der Waals surface area contributed by atoms with Crippen molar-refractivity contribution < 1.29 is 9.47 Å². The van der Waals surface area contributed by atoms with E-state index in [2.05, 4.69) is 15.9 Å². The number of rotatable bonds is 0. The lowest BCUT2D eigenvalue weighted by molar-refractivity contribution is 0.103. The summed E-state index contributed by atoms with van der Waals surface area (Å²) < 4.78 is 10.3. The maximum absolute atomic E-state index is 5.13. The van der Waals surface area contributed by atoms with Gasteiger partial charge in [-0.15, -0.1) is 0 Å². The predicted octanol–water partition coefficient (Wildman–Crippen LogP) is 0.797. The Labute approximate surface area is 57.3 Å². The average molecular weight is 181 g/mol. The van der Waals surface area contributed by atoms with E-state index in [4.69, 9.17) is 9.47 Å². The molecule has 0 aromatic carbocycles. The fourth-order valence-corrected chi connectivity index (χ4v) is 0.962. The van der Waals surface area contributed by atoms with E-state index in [0.717, 1.165) is 26.4 Å². The third-order valence-electron chi connectivity index (χ3n) is 0.969. The molecule has 0 aliphatic carbocycles. The molecule has 0 atom stereocenters. The Bertz CT molecular complexity index is 59.4. The van der Waals surface area contributed by atoms with Gasteiger partial charge in [0.2, 0.25) is 0 Å². The average Bonchev–Trinajstić information content (AvgIpc) is 1.94. The lowest BCUT2D eigenvalue weighted by Gasteiger charge is -2.00. The minimum absolute atomic E-state index is 0.394. The van der Waals surface area contributed by atoms with E-state index in [0.29, 0.717) is 4.83 Å². The summed E-state index contributed by atoms with van der Waals surface area (Å²) in [4.78, 5) is 0.394. The third kappa shape index (κ3) is 2.11. The summed E-state index contributed by atoms with van der Waals surface area (Å²) in [6, 6.07) is 0. The van der Waals surface area contributed by atoms with E-state index in [9.17, 15) is 0 Å². The Balaban J connectivity index is 2.17. The molecule has 0 saturated carbocycles. The largest absolute Gasteiger partial charge is 0.378 e. The molecule has 2 nitrogen and oxygen atoms in total. The molecule has 0 spiro atoms. The van der Waals surface area contributed by atoms with Crippen molar-refractivity contribution >= 4 is 15.9 Å². The molecule has 1 aliphatic heterocycles. The second-order valence-electron chi connectivity index (χ2n) is 1.75. The number of ether oxygens (including phenoxy) is 2. The summed E-state index contributed by atoms with van der Waals surface area (Å²) in [6.07, 6.45) is 0. The van der Waals surface area contributed by atoms with Crippen LogP contribution in [-0.2, 0) is 9.47 Å². The van der Waals surface area contributed by atoms with Crippen LogP contribution in [0.25, 0.3) is 0 Å². The van der Waals surface area contributed by atoms with Crippen LogP contribution in [0.5, 0.6) is 0 Å². The van der Waals surface area contributed by atoms with E-state index in [1.807, 2.05) is 0 Å². The molecule has 0 aromatic rings. The smallest absolute Gasteiger partial charge is 0.0701 e. The first kappa shape index (κ1) is 6.52. The molecular weight excluding hydrogens is 172 g/mol. The van der Waals surface area contributed by atoms with Gasteiger partial charge in [0.1, 0.15) is 0 Å². The van der Waals surface area contributed by atoms with Gasteiger partial charge in [0.25, 0.3) is 0 Å². The molecule has 8 heavy (non-hydrogen) atoms. The number of hydrogen-bond acceptors (Lipinski definition) is 2. The maximum atomic E-state index is 5.13. The van der Waals surface area contributed by atoms with Gasteiger partial charge < -0.3 is 9.47 Å². The first-order valence-electron chi connectivity index (χ1n) is 2.69. The molecule has 3 heteroatoms. The van der Waals surface area contributed by atoms with Crippen LogP contribution in [0, 0.1) is 0 Å². The van der Waals surface area contributed by atoms with Crippen LogP contribution in [0.15, 0.2) is 0 Å². The SMILES string of the molecule is BrC1COCCOC1. The summed E-state index contributed by atoms with van der Waals surface area (Å²) in [7, 11) is 0. The molecule has 1 fully saturated rings. The first-order chi connectivity index (χ1) is 3.89. The van der Waals surface area contributed by atoms with Crippen LogP contribution in [0.4, 0.5) is 0 Å². The highest BCUT2D eigenvalue weighted by molar-refractivity contribution is 9.09. The van der Waals surface area contributed by atoms with E-state index in [-0.39, 0.29) is 0 Å². The number of alkyl halides is 1. The van der Waals surface area contributed by atoms with E-state index in [1.54, 1.807) is 0 Å². The second-order valence-corrected chi connectivity index (χ2v) is 3.04. The molecule has 48 valence electrons. The summed E-state index contributed by atoms with van der Waals surface area (Å²) >= 11 is 3.39. The third-order valence-corrected chi connectivity index (χ3v) is 1.50. The minimum atomic E-state index is 0.394. The lowest BCUT2D eigenvalue weighted by atomic mass is 10.5. The van der Waals surface area contributed by atoms with Gasteiger partial charge in [0, 0.05) is 0 Å².